The Morgan fingerprint density at radius 1 is 1.27 bits per heavy atom. The normalized spacial score (nSPS) is 21.0. The molecule has 1 heterocycles. The molecule has 0 unspecified atom stereocenters. The second kappa shape index (κ2) is 6.76. The summed E-state index contributed by atoms with van der Waals surface area (Å²) in [7, 11) is 0. The van der Waals surface area contributed by atoms with Gasteiger partial charge in [0.1, 0.15) is 0 Å². The molecule has 0 saturated heterocycles. The molecule has 2 aliphatic carbocycles. The number of rotatable bonds is 5. The predicted molar refractivity (Wildman–Crippen MR) is 115 cm³/mol. The van der Waals surface area contributed by atoms with Gasteiger partial charge >= 0.3 is 0 Å². The van der Waals surface area contributed by atoms with Crippen LogP contribution in [0.2, 0.25) is 0 Å². The highest BCUT2D eigenvalue weighted by molar-refractivity contribution is 6.03. The number of nitrogens with zero attached hydrogens (tertiary/aromatic N) is 2. The maximum atomic E-state index is 15.1. The van der Waals surface area contributed by atoms with Crippen molar-refractivity contribution in [3.63, 3.8) is 0 Å². The third kappa shape index (κ3) is 2.96. The molecule has 2 aromatic carbocycles. The van der Waals surface area contributed by atoms with E-state index in [-0.39, 0.29) is 40.2 Å². The molecule has 5 rings (SSSR count). The van der Waals surface area contributed by atoms with Gasteiger partial charge in [-0.1, -0.05) is 35.5 Å². The minimum Gasteiger partial charge on any atom is -0.409 e. The van der Waals surface area contributed by atoms with Crippen molar-refractivity contribution in [3.05, 3.63) is 69.8 Å². The van der Waals surface area contributed by atoms with Gasteiger partial charge < -0.3 is 26.6 Å². The highest BCUT2D eigenvalue weighted by atomic mass is 19.1. The summed E-state index contributed by atoms with van der Waals surface area (Å²) in [5.74, 6) is -0.657. The van der Waals surface area contributed by atoms with Crippen molar-refractivity contribution in [3.8, 4) is 0 Å². The fourth-order valence-corrected chi connectivity index (χ4v) is 4.13. The average molecular weight is 407 g/mol. The number of anilines is 2. The highest BCUT2D eigenvalue weighted by Crippen LogP contribution is 2.44. The predicted octanol–water partition coefficient (Wildman–Crippen LogP) is 3.12. The van der Waals surface area contributed by atoms with Gasteiger partial charge in [-0.3, -0.25) is 4.79 Å². The van der Waals surface area contributed by atoms with E-state index in [4.69, 9.17) is 16.7 Å². The maximum Gasteiger partial charge on any atom is 0.202 e. The highest BCUT2D eigenvalue weighted by Gasteiger charge is 2.39. The molecule has 8 heteroatoms. The van der Waals surface area contributed by atoms with Crippen LogP contribution in [-0.2, 0) is 0 Å². The Kier molecular flexibility index (Phi) is 4.16. The number of amidine groups is 1. The molecule has 0 bridgehead atoms. The van der Waals surface area contributed by atoms with Crippen molar-refractivity contribution in [2.75, 3.05) is 11.1 Å². The number of pyridine rings is 1. The van der Waals surface area contributed by atoms with E-state index in [0.717, 1.165) is 19.3 Å². The third-order valence-electron chi connectivity index (χ3n) is 5.98. The van der Waals surface area contributed by atoms with Gasteiger partial charge in [0.25, 0.3) is 0 Å². The summed E-state index contributed by atoms with van der Waals surface area (Å²) in [5, 5.41) is 15.3. The van der Waals surface area contributed by atoms with Crippen LogP contribution in [0.5, 0.6) is 0 Å². The van der Waals surface area contributed by atoms with Crippen LogP contribution in [0, 0.1) is 5.82 Å². The van der Waals surface area contributed by atoms with Crippen molar-refractivity contribution >= 4 is 28.1 Å². The third-order valence-corrected chi connectivity index (χ3v) is 5.98. The molecule has 0 aliphatic heterocycles. The molecule has 0 radical (unpaired) electrons. The molecule has 3 aromatic rings. The molecule has 2 aliphatic rings. The van der Waals surface area contributed by atoms with Crippen LogP contribution in [0.3, 0.4) is 0 Å². The van der Waals surface area contributed by atoms with Crippen molar-refractivity contribution in [1.82, 2.24) is 4.57 Å². The SMILES string of the molecule is NC(=NO)c1cn(C2CC2)c2cc(N[C@@H]3C[C@H]3c3ccccc3)c(F)c(N)c2c1=O. The lowest BCUT2D eigenvalue weighted by Gasteiger charge is -2.17. The molecule has 6 N–H and O–H groups in total. The topological polar surface area (TPSA) is 119 Å². The van der Waals surface area contributed by atoms with Crippen molar-refractivity contribution in [2.24, 2.45) is 10.9 Å². The quantitative estimate of drug-likeness (QED) is 0.170. The number of benzene rings is 2. The molecule has 0 amide bonds. The molecular weight excluding hydrogens is 385 g/mol. The number of nitrogens with two attached hydrogens (primary N) is 2. The van der Waals surface area contributed by atoms with E-state index in [1.165, 1.54) is 5.56 Å². The monoisotopic (exact) mass is 407 g/mol. The molecule has 0 spiro atoms. The zero-order valence-electron chi connectivity index (χ0n) is 16.2. The first-order valence-corrected chi connectivity index (χ1v) is 9.95. The molecule has 1 aromatic heterocycles. The lowest BCUT2D eigenvalue weighted by atomic mass is 10.1. The minimum atomic E-state index is -0.655. The van der Waals surface area contributed by atoms with E-state index in [1.54, 1.807) is 12.3 Å². The van der Waals surface area contributed by atoms with E-state index in [0.29, 0.717) is 11.4 Å². The second-order valence-electron chi connectivity index (χ2n) is 8.05. The number of nitrogens with one attached hydrogen (secondary N) is 1. The Labute approximate surface area is 171 Å². The molecule has 2 atom stereocenters. The Morgan fingerprint density at radius 3 is 2.67 bits per heavy atom. The van der Waals surface area contributed by atoms with Crippen LogP contribution in [-0.4, -0.2) is 21.7 Å². The van der Waals surface area contributed by atoms with E-state index in [2.05, 4.69) is 22.6 Å². The van der Waals surface area contributed by atoms with Gasteiger partial charge in [0, 0.05) is 24.2 Å². The van der Waals surface area contributed by atoms with Crippen LogP contribution >= 0.6 is 0 Å². The summed E-state index contributed by atoms with van der Waals surface area (Å²) in [6.45, 7) is 0. The Balaban J connectivity index is 1.59. The van der Waals surface area contributed by atoms with Gasteiger partial charge in [-0.15, -0.1) is 0 Å². The van der Waals surface area contributed by atoms with Crippen molar-refractivity contribution in [1.29, 1.82) is 0 Å². The fraction of sp³-hybridized carbons (Fsp3) is 0.273. The zero-order chi connectivity index (χ0) is 21.0. The first-order chi connectivity index (χ1) is 14.5. The molecular formula is C22H22FN5O2. The summed E-state index contributed by atoms with van der Waals surface area (Å²) >= 11 is 0. The van der Waals surface area contributed by atoms with E-state index >= 15 is 4.39 Å². The van der Waals surface area contributed by atoms with Gasteiger partial charge in [0.05, 0.1) is 27.8 Å². The smallest absolute Gasteiger partial charge is 0.202 e. The van der Waals surface area contributed by atoms with E-state index < -0.39 is 11.2 Å². The first kappa shape index (κ1) is 18.5. The Morgan fingerprint density at radius 2 is 2.00 bits per heavy atom. The minimum absolute atomic E-state index is 0.00930. The van der Waals surface area contributed by atoms with E-state index in [1.807, 2.05) is 22.8 Å². The molecule has 154 valence electrons. The zero-order valence-corrected chi connectivity index (χ0v) is 16.2. The van der Waals surface area contributed by atoms with Crippen LogP contribution in [0.1, 0.15) is 42.3 Å². The summed E-state index contributed by atoms with van der Waals surface area (Å²) in [5.41, 5.74) is 13.1. The number of fused-ring (bicyclic) bond motifs is 1. The van der Waals surface area contributed by atoms with Gasteiger partial charge in [0.2, 0.25) is 5.43 Å². The summed E-state index contributed by atoms with van der Waals surface area (Å²) in [6, 6.07) is 12.0. The lowest BCUT2D eigenvalue weighted by Crippen LogP contribution is -2.26. The largest absolute Gasteiger partial charge is 0.409 e. The average Bonchev–Trinajstić information content (AvgIpc) is 3.67. The summed E-state index contributed by atoms with van der Waals surface area (Å²) in [4.78, 5) is 12.9. The molecule has 2 saturated carbocycles. The maximum absolute atomic E-state index is 15.1. The fourth-order valence-electron chi connectivity index (χ4n) is 4.13. The lowest BCUT2D eigenvalue weighted by molar-refractivity contribution is 0.318. The van der Waals surface area contributed by atoms with E-state index in [9.17, 15) is 4.79 Å². The number of aromatic nitrogens is 1. The van der Waals surface area contributed by atoms with Crippen molar-refractivity contribution in [2.45, 2.75) is 37.3 Å². The number of hydrogen-bond donors (Lipinski definition) is 4. The Bertz CT molecular complexity index is 1230. The van der Waals surface area contributed by atoms with Gasteiger partial charge in [0.15, 0.2) is 11.7 Å². The van der Waals surface area contributed by atoms with Crippen molar-refractivity contribution < 1.29 is 9.60 Å². The van der Waals surface area contributed by atoms with Crippen LogP contribution in [0.25, 0.3) is 10.9 Å². The van der Waals surface area contributed by atoms with Crippen LogP contribution in [0.15, 0.2) is 52.5 Å². The number of oxime groups is 1. The molecule has 7 nitrogen and oxygen atoms in total. The summed E-state index contributed by atoms with van der Waals surface area (Å²) < 4.78 is 17.0. The van der Waals surface area contributed by atoms with Crippen LogP contribution < -0.4 is 22.2 Å². The summed E-state index contributed by atoms with van der Waals surface area (Å²) in [6.07, 6.45) is 4.35. The second-order valence-corrected chi connectivity index (χ2v) is 8.05. The van der Waals surface area contributed by atoms with Gasteiger partial charge in [-0.05, 0) is 30.9 Å². The Hall–Kier alpha value is -3.55. The van der Waals surface area contributed by atoms with Gasteiger partial charge in [-0.25, -0.2) is 4.39 Å². The molecule has 2 fully saturated rings. The number of nitrogen functional groups attached to an aromatic ring is 1. The van der Waals surface area contributed by atoms with Crippen LogP contribution in [0.4, 0.5) is 15.8 Å². The standard InChI is InChI=1S/C22H22FN5O2/c23-19-16(26-15-8-13(15)11-4-2-1-3-5-11)9-17-18(20(19)24)21(29)14(22(25)27-30)10-28(17)12-6-7-12/h1-5,9-10,12-13,15,26,30H,6-8,24H2,(H2,25,27)/t13-,15+/m0/s1. The van der Waals surface area contributed by atoms with Gasteiger partial charge in [-0.2, -0.15) is 0 Å². The first-order valence-electron chi connectivity index (χ1n) is 9.95. The number of hydrogen-bond acceptors (Lipinski definition) is 5. The number of halogens is 1. The molecule has 30 heavy (non-hydrogen) atoms.